The van der Waals surface area contributed by atoms with Crippen LogP contribution < -0.4 is 16.0 Å². The lowest BCUT2D eigenvalue weighted by molar-refractivity contribution is -0.137. The normalized spacial score (nSPS) is 20.3. The van der Waals surface area contributed by atoms with Gasteiger partial charge >= 0.3 is 6.03 Å². The van der Waals surface area contributed by atoms with Crippen LogP contribution in [0.5, 0.6) is 0 Å². The van der Waals surface area contributed by atoms with Crippen LogP contribution >= 0.6 is 0 Å². The molecule has 0 spiro atoms. The highest BCUT2D eigenvalue weighted by Crippen LogP contribution is 2.28. The van der Waals surface area contributed by atoms with E-state index < -0.39 is 30.1 Å². The lowest BCUT2D eigenvalue weighted by atomic mass is 9.94. The van der Waals surface area contributed by atoms with E-state index in [4.69, 9.17) is 0 Å². The first-order chi connectivity index (χ1) is 18.2. The van der Waals surface area contributed by atoms with Crippen LogP contribution in [0.2, 0.25) is 0 Å². The minimum atomic E-state index is -1.36. The van der Waals surface area contributed by atoms with Crippen LogP contribution in [0.1, 0.15) is 48.9 Å². The molecule has 2 aromatic rings. The minimum Gasteiger partial charge on any atom is -0.343 e. The number of halogens is 2. The van der Waals surface area contributed by atoms with Crippen molar-refractivity contribution in [1.29, 1.82) is 0 Å². The Morgan fingerprint density at radius 1 is 1.05 bits per heavy atom. The Morgan fingerprint density at radius 2 is 1.76 bits per heavy atom. The molecule has 4 amide bonds. The van der Waals surface area contributed by atoms with Gasteiger partial charge in [-0.2, -0.15) is 0 Å². The van der Waals surface area contributed by atoms with Crippen molar-refractivity contribution >= 4 is 17.8 Å². The molecule has 2 aliphatic heterocycles. The molecule has 3 N–H and O–H groups in total. The highest BCUT2D eigenvalue weighted by Gasteiger charge is 2.40. The van der Waals surface area contributed by atoms with Crippen molar-refractivity contribution in [2.75, 3.05) is 39.3 Å². The van der Waals surface area contributed by atoms with Gasteiger partial charge in [-0.15, -0.1) is 0 Å². The third-order valence-electron chi connectivity index (χ3n) is 7.07. The summed E-state index contributed by atoms with van der Waals surface area (Å²) < 4.78 is 29.3. The van der Waals surface area contributed by atoms with Crippen LogP contribution in [0, 0.1) is 5.82 Å². The number of hydrogen-bond donors (Lipinski definition) is 3. The van der Waals surface area contributed by atoms with E-state index in [1.165, 1.54) is 11.0 Å². The van der Waals surface area contributed by atoms with Gasteiger partial charge in [0.15, 0.2) is 0 Å². The molecule has 0 aromatic heterocycles. The van der Waals surface area contributed by atoms with Crippen molar-refractivity contribution in [2.24, 2.45) is 0 Å². The summed E-state index contributed by atoms with van der Waals surface area (Å²) in [5, 5.41) is 8.66. The predicted octanol–water partition coefficient (Wildman–Crippen LogP) is 2.71. The first-order valence-corrected chi connectivity index (χ1v) is 13.1. The molecule has 0 saturated carbocycles. The molecule has 10 heteroatoms. The summed E-state index contributed by atoms with van der Waals surface area (Å²) in [6.45, 7) is 5.65. The summed E-state index contributed by atoms with van der Waals surface area (Å²) in [5.74, 6) is -1.43. The third-order valence-corrected chi connectivity index (χ3v) is 7.07. The maximum Gasteiger partial charge on any atom is 0.317 e. The molecule has 0 unspecified atom stereocenters. The molecule has 8 nitrogen and oxygen atoms in total. The van der Waals surface area contributed by atoms with Gasteiger partial charge < -0.3 is 25.8 Å². The molecule has 2 aliphatic rings. The zero-order valence-corrected chi connectivity index (χ0v) is 21.8. The van der Waals surface area contributed by atoms with E-state index in [-0.39, 0.29) is 37.3 Å². The Labute approximate surface area is 221 Å². The van der Waals surface area contributed by atoms with Gasteiger partial charge in [0.05, 0.1) is 19.1 Å². The highest BCUT2D eigenvalue weighted by atomic mass is 19.1. The molecule has 2 fully saturated rings. The first-order valence-electron chi connectivity index (χ1n) is 13.1. The van der Waals surface area contributed by atoms with Gasteiger partial charge in [-0.25, -0.2) is 13.6 Å². The van der Waals surface area contributed by atoms with Gasteiger partial charge in [-0.05, 0) is 28.7 Å². The van der Waals surface area contributed by atoms with E-state index in [0.717, 1.165) is 5.56 Å². The molecule has 4 rings (SSSR count). The maximum absolute atomic E-state index is 14.9. The zero-order valence-electron chi connectivity index (χ0n) is 21.8. The average Bonchev–Trinajstić information content (AvgIpc) is 3.32. The number of urea groups is 1. The maximum atomic E-state index is 14.9. The van der Waals surface area contributed by atoms with Gasteiger partial charge in [0.1, 0.15) is 18.0 Å². The smallest absolute Gasteiger partial charge is 0.317 e. The molecule has 0 radical (unpaired) electrons. The van der Waals surface area contributed by atoms with E-state index in [2.05, 4.69) is 16.0 Å². The summed E-state index contributed by atoms with van der Waals surface area (Å²) in [4.78, 5) is 41.6. The Bertz CT molecular complexity index is 1140. The molecule has 38 heavy (non-hydrogen) atoms. The number of alkyl halides is 1. The second-order valence-electron chi connectivity index (χ2n) is 10.1. The monoisotopic (exact) mass is 527 g/mol. The molecular formula is C28H35F2N5O3. The lowest BCUT2D eigenvalue weighted by Gasteiger charge is -2.29. The van der Waals surface area contributed by atoms with E-state index >= 15 is 0 Å². The Morgan fingerprint density at radius 3 is 2.42 bits per heavy atom. The zero-order chi connectivity index (χ0) is 27.2. The van der Waals surface area contributed by atoms with E-state index in [0.29, 0.717) is 37.3 Å². The molecular weight excluding hydrogens is 492 g/mol. The van der Waals surface area contributed by atoms with Crippen LogP contribution in [0.15, 0.2) is 48.5 Å². The summed E-state index contributed by atoms with van der Waals surface area (Å²) in [6.07, 6.45) is -1.51. The van der Waals surface area contributed by atoms with Crippen LogP contribution in [-0.4, -0.2) is 79.1 Å². The number of rotatable bonds is 7. The average molecular weight is 528 g/mol. The first kappa shape index (κ1) is 27.5. The minimum absolute atomic E-state index is 0.000402. The molecule has 2 saturated heterocycles. The summed E-state index contributed by atoms with van der Waals surface area (Å²) in [5.41, 5.74) is 1.85. The molecule has 3 atom stereocenters. The van der Waals surface area contributed by atoms with Crippen LogP contribution in [0.3, 0.4) is 0 Å². The second-order valence-corrected chi connectivity index (χ2v) is 10.1. The Hall–Kier alpha value is -3.53. The van der Waals surface area contributed by atoms with Crippen molar-refractivity contribution in [2.45, 2.75) is 44.4 Å². The quantitative estimate of drug-likeness (QED) is 0.516. The number of likely N-dealkylation sites (tertiary alicyclic amines) is 1. The third kappa shape index (κ3) is 6.48. The molecule has 2 heterocycles. The van der Waals surface area contributed by atoms with Crippen molar-refractivity contribution in [1.82, 2.24) is 25.8 Å². The van der Waals surface area contributed by atoms with E-state index in [1.807, 2.05) is 44.2 Å². The topological polar surface area (TPSA) is 93.8 Å². The highest BCUT2D eigenvalue weighted by molar-refractivity contribution is 5.91. The summed E-state index contributed by atoms with van der Waals surface area (Å²) in [6, 6.07) is 11.9. The van der Waals surface area contributed by atoms with Gasteiger partial charge in [0, 0.05) is 32.6 Å². The Kier molecular flexibility index (Phi) is 8.93. The fourth-order valence-electron chi connectivity index (χ4n) is 4.98. The molecule has 0 bridgehead atoms. The summed E-state index contributed by atoms with van der Waals surface area (Å²) >= 11 is 0. The largest absolute Gasteiger partial charge is 0.343 e. The number of benzene rings is 2. The number of amides is 4. The summed E-state index contributed by atoms with van der Waals surface area (Å²) in [7, 11) is 0. The van der Waals surface area contributed by atoms with E-state index in [9.17, 15) is 23.2 Å². The van der Waals surface area contributed by atoms with Crippen molar-refractivity contribution in [3.8, 4) is 0 Å². The fraction of sp³-hybridized carbons (Fsp3) is 0.464. The predicted molar refractivity (Wildman–Crippen MR) is 140 cm³/mol. The van der Waals surface area contributed by atoms with Crippen molar-refractivity contribution < 1.29 is 23.2 Å². The van der Waals surface area contributed by atoms with Crippen molar-refractivity contribution in [3.05, 3.63) is 71.0 Å². The van der Waals surface area contributed by atoms with Crippen molar-refractivity contribution in [3.63, 3.8) is 0 Å². The standard InChI is InChI=1S/C28H35F2N5O3/c1-18(2)22-9-8-20(14-23(22)30)26(19-6-4-3-5-7-19)33-27(37)24-15-21(29)17-35(24)25(36)16-32-28(38)34-12-10-31-11-13-34/h3-9,14,18,21,24,26,31H,10-13,15-17H2,1-2H3,(H,32,38)(H,33,37)/t21-,24+,26+/m1/s1. The number of carbonyl (C=O) groups is 3. The Balaban J connectivity index is 1.48. The van der Waals surface area contributed by atoms with Gasteiger partial charge in [-0.1, -0.05) is 56.3 Å². The molecule has 0 aliphatic carbocycles. The molecule has 2 aromatic carbocycles. The van der Waals surface area contributed by atoms with Gasteiger partial charge in [0.2, 0.25) is 11.8 Å². The number of nitrogens with one attached hydrogen (secondary N) is 3. The van der Waals surface area contributed by atoms with E-state index in [1.54, 1.807) is 17.0 Å². The van der Waals surface area contributed by atoms with Gasteiger partial charge in [0.25, 0.3) is 0 Å². The lowest BCUT2D eigenvalue weighted by Crippen LogP contribution is -2.53. The van der Waals surface area contributed by atoms with Crippen LogP contribution in [0.4, 0.5) is 13.6 Å². The van der Waals surface area contributed by atoms with Crippen LogP contribution in [-0.2, 0) is 9.59 Å². The number of nitrogens with zero attached hydrogens (tertiary/aromatic N) is 2. The number of hydrogen-bond acceptors (Lipinski definition) is 4. The fourth-order valence-corrected chi connectivity index (χ4v) is 4.98. The number of carbonyl (C=O) groups excluding carboxylic acids is 3. The molecule has 204 valence electrons. The van der Waals surface area contributed by atoms with Crippen LogP contribution in [0.25, 0.3) is 0 Å². The SMILES string of the molecule is CC(C)c1ccc([C@@H](NC(=O)[C@@H]2C[C@@H](F)CN2C(=O)CNC(=O)N2CCNCC2)c2ccccc2)cc1F. The second kappa shape index (κ2) is 12.3. The number of piperazine rings is 1. The van der Waals surface area contributed by atoms with Gasteiger partial charge in [-0.3, -0.25) is 9.59 Å².